The zero-order valence-corrected chi connectivity index (χ0v) is 12.0. The van der Waals surface area contributed by atoms with Gasteiger partial charge in [-0.3, -0.25) is 4.79 Å². The molecule has 1 aliphatic carbocycles. The average Bonchev–Trinajstić information content (AvgIpc) is 2.36. The third kappa shape index (κ3) is 5.23. The van der Waals surface area contributed by atoms with Crippen LogP contribution in [0.5, 0.6) is 0 Å². The van der Waals surface area contributed by atoms with Gasteiger partial charge in [-0.25, -0.2) is 0 Å². The highest BCUT2D eigenvalue weighted by molar-refractivity contribution is 5.81. The number of rotatable bonds is 7. The van der Waals surface area contributed by atoms with Crippen molar-refractivity contribution in [3.8, 4) is 0 Å². The van der Waals surface area contributed by atoms with Gasteiger partial charge in [-0.1, -0.05) is 46.5 Å². The van der Waals surface area contributed by atoms with E-state index in [2.05, 4.69) is 20.8 Å². The van der Waals surface area contributed by atoms with Gasteiger partial charge in [0.05, 0.1) is 0 Å². The molecule has 0 aromatic carbocycles. The maximum Gasteiger partial charge on any atom is 0.136 e. The second-order valence-corrected chi connectivity index (χ2v) is 6.04. The number of carbonyl (C=O) groups excluding carboxylic acids is 1. The zero-order valence-electron chi connectivity index (χ0n) is 12.0. The summed E-state index contributed by atoms with van der Waals surface area (Å²) in [5.41, 5.74) is 0. The largest absolute Gasteiger partial charge is 0.299 e. The summed E-state index contributed by atoms with van der Waals surface area (Å²) in [5, 5.41) is 0. The van der Waals surface area contributed by atoms with Crippen LogP contribution in [-0.2, 0) is 4.79 Å². The first-order valence-corrected chi connectivity index (χ1v) is 7.70. The molecule has 1 heteroatoms. The van der Waals surface area contributed by atoms with E-state index in [-0.39, 0.29) is 0 Å². The van der Waals surface area contributed by atoms with Crippen molar-refractivity contribution in [2.24, 2.45) is 17.8 Å². The summed E-state index contributed by atoms with van der Waals surface area (Å²) in [5.74, 6) is 2.46. The Balaban J connectivity index is 2.24. The van der Waals surface area contributed by atoms with Crippen LogP contribution < -0.4 is 0 Å². The van der Waals surface area contributed by atoms with Crippen LogP contribution in [0.25, 0.3) is 0 Å². The minimum absolute atomic E-state index is 0.405. The van der Waals surface area contributed by atoms with Crippen molar-refractivity contribution in [1.29, 1.82) is 0 Å². The van der Waals surface area contributed by atoms with Crippen LogP contribution in [0.1, 0.15) is 78.6 Å². The molecule has 1 fully saturated rings. The van der Waals surface area contributed by atoms with Gasteiger partial charge >= 0.3 is 0 Å². The number of unbranched alkanes of at least 4 members (excludes halogenated alkanes) is 1. The van der Waals surface area contributed by atoms with Crippen LogP contribution in [0.3, 0.4) is 0 Å². The molecule has 17 heavy (non-hydrogen) atoms. The summed E-state index contributed by atoms with van der Waals surface area (Å²) in [6, 6.07) is 0. The minimum Gasteiger partial charge on any atom is -0.299 e. The summed E-state index contributed by atoms with van der Waals surface area (Å²) >= 11 is 0. The quantitative estimate of drug-likeness (QED) is 0.611. The molecule has 1 aliphatic rings. The molecular formula is C16H30O. The first-order chi connectivity index (χ1) is 8.17. The number of hydrogen-bond donors (Lipinski definition) is 0. The molecule has 0 amide bonds. The van der Waals surface area contributed by atoms with Gasteiger partial charge < -0.3 is 0 Å². The van der Waals surface area contributed by atoms with Crippen LogP contribution in [-0.4, -0.2) is 5.78 Å². The van der Waals surface area contributed by atoms with Crippen LogP contribution in [0, 0.1) is 17.8 Å². The monoisotopic (exact) mass is 238 g/mol. The maximum absolute atomic E-state index is 12.1. The van der Waals surface area contributed by atoms with E-state index < -0.39 is 0 Å². The molecule has 1 saturated carbocycles. The highest BCUT2D eigenvalue weighted by Crippen LogP contribution is 2.33. The lowest BCUT2D eigenvalue weighted by Crippen LogP contribution is -2.23. The Kier molecular flexibility index (Phi) is 6.84. The van der Waals surface area contributed by atoms with Gasteiger partial charge in [0.15, 0.2) is 0 Å². The molecule has 0 aromatic heterocycles. The zero-order chi connectivity index (χ0) is 12.7. The number of ketones is 1. The number of carbonyl (C=O) groups is 1. The molecule has 0 bridgehead atoms. The normalized spacial score (nSPS) is 26.8. The van der Waals surface area contributed by atoms with Crippen molar-refractivity contribution in [3.05, 3.63) is 0 Å². The van der Waals surface area contributed by atoms with Gasteiger partial charge in [0.1, 0.15) is 5.78 Å². The molecule has 0 saturated heterocycles. The molecule has 1 unspecified atom stereocenters. The molecule has 0 radical (unpaired) electrons. The summed E-state index contributed by atoms with van der Waals surface area (Å²) in [4.78, 5) is 12.1. The molecule has 1 nitrogen and oxygen atoms in total. The lowest BCUT2D eigenvalue weighted by atomic mass is 9.77. The van der Waals surface area contributed by atoms with Crippen molar-refractivity contribution in [2.45, 2.75) is 78.6 Å². The molecule has 0 aromatic rings. The summed E-state index contributed by atoms with van der Waals surface area (Å²) in [6.45, 7) is 6.64. The number of hydrogen-bond acceptors (Lipinski definition) is 1. The van der Waals surface area contributed by atoms with Gasteiger partial charge in [-0.05, 0) is 37.5 Å². The Morgan fingerprint density at radius 3 is 2.35 bits per heavy atom. The van der Waals surface area contributed by atoms with Gasteiger partial charge in [-0.15, -0.1) is 0 Å². The third-order valence-corrected chi connectivity index (χ3v) is 4.51. The topological polar surface area (TPSA) is 17.1 Å². The lowest BCUT2D eigenvalue weighted by molar-refractivity contribution is -0.124. The minimum atomic E-state index is 0.405. The van der Waals surface area contributed by atoms with Crippen molar-refractivity contribution >= 4 is 5.78 Å². The lowest BCUT2D eigenvalue weighted by Gasteiger charge is -2.28. The third-order valence-electron chi connectivity index (χ3n) is 4.51. The Bertz CT molecular complexity index is 214. The summed E-state index contributed by atoms with van der Waals surface area (Å²) < 4.78 is 0. The first kappa shape index (κ1) is 14.7. The highest BCUT2D eigenvalue weighted by Gasteiger charge is 2.26. The Hall–Kier alpha value is -0.330. The molecule has 1 atom stereocenters. The fourth-order valence-electron chi connectivity index (χ4n) is 2.92. The van der Waals surface area contributed by atoms with E-state index in [1.165, 1.54) is 44.9 Å². The second-order valence-electron chi connectivity index (χ2n) is 6.04. The Morgan fingerprint density at radius 2 is 1.82 bits per heavy atom. The predicted molar refractivity (Wildman–Crippen MR) is 74.1 cm³/mol. The van der Waals surface area contributed by atoms with Gasteiger partial charge in [0.25, 0.3) is 0 Å². The molecule has 0 heterocycles. The maximum atomic E-state index is 12.1. The van der Waals surface area contributed by atoms with Crippen molar-refractivity contribution in [1.82, 2.24) is 0 Å². The smallest absolute Gasteiger partial charge is 0.136 e. The SMILES string of the molecule is CCCCC1CCC(C(=O)CC(C)CC)CC1. The molecule has 0 aliphatic heterocycles. The fraction of sp³-hybridized carbons (Fsp3) is 0.938. The molecule has 100 valence electrons. The standard InChI is InChI=1S/C16H30O/c1-4-6-7-14-8-10-15(11-9-14)16(17)12-13(3)5-2/h13-15H,4-12H2,1-3H3. The van der Waals surface area contributed by atoms with Crippen molar-refractivity contribution in [2.75, 3.05) is 0 Å². The van der Waals surface area contributed by atoms with E-state index in [1.807, 2.05) is 0 Å². The van der Waals surface area contributed by atoms with E-state index in [4.69, 9.17) is 0 Å². The van der Waals surface area contributed by atoms with E-state index >= 15 is 0 Å². The first-order valence-electron chi connectivity index (χ1n) is 7.70. The predicted octanol–water partition coefficient (Wildman–Crippen LogP) is 4.99. The highest BCUT2D eigenvalue weighted by atomic mass is 16.1. The van der Waals surface area contributed by atoms with Crippen molar-refractivity contribution < 1.29 is 4.79 Å². The summed E-state index contributed by atoms with van der Waals surface area (Å²) in [6.07, 6.45) is 11.0. The summed E-state index contributed by atoms with van der Waals surface area (Å²) in [7, 11) is 0. The van der Waals surface area contributed by atoms with Crippen LogP contribution >= 0.6 is 0 Å². The fourth-order valence-corrected chi connectivity index (χ4v) is 2.92. The van der Waals surface area contributed by atoms with Gasteiger partial charge in [0.2, 0.25) is 0 Å². The van der Waals surface area contributed by atoms with E-state index in [0.717, 1.165) is 18.8 Å². The van der Waals surface area contributed by atoms with Crippen LogP contribution in [0.4, 0.5) is 0 Å². The van der Waals surface area contributed by atoms with Crippen LogP contribution in [0.2, 0.25) is 0 Å². The Labute approximate surface area is 107 Å². The molecule has 0 spiro atoms. The van der Waals surface area contributed by atoms with E-state index in [0.29, 0.717) is 17.6 Å². The van der Waals surface area contributed by atoms with Gasteiger partial charge in [-0.2, -0.15) is 0 Å². The molecular weight excluding hydrogens is 208 g/mol. The van der Waals surface area contributed by atoms with Crippen molar-refractivity contribution in [3.63, 3.8) is 0 Å². The average molecular weight is 238 g/mol. The number of Topliss-reactive ketones (excluding diaryl/α,β-unsaturated/α-hetero) is 1. The van der Waals surface area contributed by atoms with Gasteiger partial charge in [0, 0.05) is 12.3 Å². The Morgan fingerprint density at radius 1 is 1.18 bits per heavy atom. The van der Waals surface area contributed by atoms with Crippen LogP contribution in [0.15, 0.2) is 0 Å². The van der Waals surface area contributed by atoms with E-state index in [9.17, 15) is 4.79 Å². The molecule has 0 N–H and O–H groups in total. The molecule has 1 rings (SSSR count). The van der Waals surface area contributed by atoms with E-state index in [1.54, 1.807) is 0 Å². The second kappa shape index (κ2) is 7.89.